The van der Waals surface area contributed by atoms with Gasteiger partial charge in [0.1, 0.15) is 5.75 Å². The second-order valence-corrected chi connectivity index (χ2v) is 10.0. The first kappa shape index (κ1) is 25.7. The molecule has 2 heterocycles. The fourth-order valence-electron chi connectivity index (χ4n) is 5.05. The lowest BCUT2D eigenvalue weighted by Crippen LogP contribution is -2.25. The molecule has 0 bridgehead atoms. The van der Waals surface area contributed by atoms with Gasteiger partial charge in [0.2, 0.25) is 0 Å². The van der Waals surface area contributed by atoms with Crippen LogP contribution in [0.5, 0.6) is 5.75 Å². The van der Waals surface area contributed by atoms with E-state index >= 15 is 0 Å². The van der Waals surface area contributed by atoms with Gasteiger partial charge >= 0.3 is 0 Å². The molecule has 2 aliphatic rings. The van der Waals surface area contributed by atoms with Gasteiger partial charge in [-0.2, -0.15) is 0 Å². The van der Waals surface area contributed by atoms with Crippen LogP contribution in [0.2, 0.25) is 0 Å². The highest BCUT2D eigenvalue weighted by molar-refractivity contribution is 5.96. The monoisotopic (exact) mass is 505 g/mol. The Morgan fingerprint density at radius 1 is 1.11 bits per heavy atom. The normalized spacial score (nSPS) is 17.2. The van der Waals surface area contributed by atoms with Crippen molar-refractivity contribution in [1.82, 2.24) is 5.32 Å². The summed E-state index contributed by atoms with van der Waals surface area (Å²) in [6, 6.07) is 18.8. The van der Waals surface area contributed by atoms with Gasteiger partial charge in [-0.3, -0.25) is 4.79 Å². The Balaban J connectivity index is 1.51. The van der Waals surface area contributed by atoms with Gasteiger partial charge < -0.3 is 14.8 Å². The van der Waals surface area contributed by atoms with Gasteiger partial charge in [0.05, 0.1) is 18.9 Å². The highest BCUT2D eigenvalue weighted by atomic mass is 16.5. The van der Waals surface area contributed by atoms with Gasteiger partial charge in [-0.25, -0.2) is 0 Å². The van der Waals surface area contributed by atoms with Crippen LogP contribution in [0.3, 0.4) is 0 Å². The molecule has 194 valence electrons. The third-order valence-electron chi connectivity index (χ3n) is 7.28. The van der Waals surface area contributed by atoms with Crippen molar-refractivity contribution in [3.05, 3.63) is 106 Å². The van der Waals surface area contributed by atoms with E-state index in [1.54, 1.807) is 0 Å². The summed E-state index contributed by atoms with van der Waals surface area (Å²) in [4.78, 5) is 12.1. The van der Waals surface area contributed by atoms with Crippen LogP contribution in [-0.4, -0.2) is 25.6 Å². The molecule has 0 aliphatic carbocycles. The number of aryl methyl sites for hydroxylation is 1. The van der Waals surface area contributed by atoms with Crippen LogP contribution in [0.4, 0.5) is 0 Å². The molecule has 4 heteroatoms. The van der Waals surface area contributed by atoms with E-state index in [1.165, 1.54) is 0 Å². The zero-order valence-corrected chi connectivity index (χ0v) is 22.5. The lowest BCUT2D eigenvalue weighted by molar-refractivity contribution is 0.0988. The first-order valence-corrected chi connectivity index (χ1v) is 13.4. The number of ether oxygens (including phenoxy) is 2. The molecule has 1 unspecified atom stereocenters. The zero-order chi connectivity index (χ0) is 26.6. The summed E-state index contributed by atoms with van der Waals surface area (Å²) in [5, 5.41) is 5.28. The summed E-state index contributed by atoms with van der Waals surface area (Å²) in [7, 11) is 0. The van der Waals surface area contributed by atoms with E-state index in [-0.39, 0.29) is 5.78 Å². The van der Waals surface area contributed by atoms with E-state index in [4.69, 9.17) is 9.47 Å². The molecule has 0 aromatic heterocycles. The van der Waals surface area contributed by atoms with Gasteiger partial charge in [0.25, 0.3) is 0 Å². The van der Waals surface area contributed by atoms with Crippen LogP contribution in [-0.2, 0) is 4.74 Å². The molecule has 0 radical (unpaired) electrons. The lowest BCUT2D eigenvalue weighted by Gasteiger charge is -2.15. The molecule has 1 N–H and O–H groups in total. The van der Waals surface area contributed by atoms with Crippen molar-refractivity contribution in [2.75, 3.05) is 19.8 Å². The predicted molar refractivity (Wildman–Crippen MR) is 155 cm³/mol. The number of hydrogen-bond acceptors (Lipinski definition) is 4. The molecule has 0 saturated carbocycles. The average Bonchev–Trinajstić information content (AvgIpc) is 3.65. The first-order chi connectivity index (χ1) is 18.5. The Labute approximate surface area is 225 Å². The Morgan fingerprint density at radius 3 is 2.58 bits per heavy atom. The van der Waals surface area contributed by atoms with Crippen molar-refractivity contribution in [3.63, 3.8) is 0 Å². The summed E-state index contributed by atoms with van der Waals surface area (Å²) < 4.78 is 11.7. The Bertz CT molecular complexity index is 1540. The molecule has 0 spiro atoms. The number of carbonyl (C=O) groups is 1. The van der Waals surface area contributed by atoms with Crippen molar-refractivity contribution in [2.45, 2.75) is 33.6 Å². The maximum absolute atomic E-state index is 12.1. The molecule has 0 amide bonds. The van der Waals surface area contributed by atoms with Crippen LogP contribution < -0.4 is 20.5 Å². The third kappa shape index (κ3) is 5.51. The number of rotatable bonds is 9. The summed E-state index contributed by atoms with van der Waals surface area (Å²) in [6.45, 7) is 12.7. The zero-order valence-electron chi connectivity index (χ0n) is 22.5. The summed E-state index contributed by atoms with van der Waals surface area (Å²) in [5.41, 5.74) is 8.46. The molecule has 3 aromatic rings. The van der Waals surface area contributed by atoms with E-state index in [2.05, 4.69) is 67.4 Å². The van der Waals surface area contributed by atoms with E-state index in [1.807, 2.05) is 38.2 Å². The smallest absolute Gasteiger partial charge is 0.162 e. The lowest BCUT2D eigenvalue weighted by atomic mass is 9.94. The number of allylic oxidation sites excluding steroid dienone is 2. The second kappa shape index (κ2) is 11.2. The predicted octanol–water partition coefficient (Wildman–Crippen LogP) is 5.76. The van der Waals surface area contributed by atoms with E-state index < -0.39 is 0 Å². The van der Waals surface area contributed by atoms with Gasteiger partial charge in [-0.15, -0.1) is 0 Å². The van der Waals surface area contributed by atoms with Crippen molar-refractivity contribution >= 4 is 23.6 Å². The molecule has 1 saturated heterocycles. The molecule has 38 heavy (non-hydrogen) atoms. The van der Waals surface area contributed by atoms with Crippen LogP contribution in [0.1, 0.15) is 53.7 Å². The van der Waals surface area contributed by atoms with Crippen LogP contribution in [0.25, 0.3) is 29.0 Å². The number of hydrogen-bond donors (Lipinski definition) is 1. The molecule has 5 rings (SSSR count). The molecule has 1 fully saturated rings. The fraction of sp³-hybridized carbons (Fsp3) is 0.265. The van der Waals surface area contributed by atoms with Gasteiger partial charge in [-0.05, 0) is 82.8 Å². The number of ketones is 1. The van der Waals surface area contributed by atoms with Crippen molar-refractivity contribution in [3.8, 4) is 16.9 Å². The second-order valence-electron chi connectivity index (χ2n) is 10.0. The minimum atomic E-state index is 0.166. The molecular weight excluding hydrogens is 470 g/mol. The number of benzene rings is 3. The minimum absolute atomic E-state index is 0.166. The standard InChI is InChI=1S/C34H35NO3/c1-5-7-30(26-10-13-34(31(18-26)32-19-35-32)38-21-24-14-15-37-20-24)29-12-8-25(16-23(29)4)28-11-9-27(17-22(28)3)33(36)6-2/h5,7-13,16-19,24,35H,4,6,14-15,20-21H2,1-3H3/b7-5?,30-29+. The number of nitrogens with one attached hydrogen (secondary N) is 1. The maximum Gasteiger partial charge on any atom is 0.162 e. The van der Waals surface area contributed by atoms with Crippen molar-refractivity contribution < 1.29 is 14.3 Å². The quantitative estimate of drug-likeness (QED) is 0.376. The Kier molecular flexibility index (Phi) is 7.62. The van der Waals surface area contributed by atoms with Crippen LogP contribution in [0.15, 0.2) is 72.9 Å². The van der Waals surface area contributed by atoms with Gasteiger partial charge in [-0.1, -0.05) is 56.0 Å². The summed E-state index contributed by atoms with van der Waals surface area (Å²) in [6.07, 6.45) is 7.77. The average molecular weight is 506 g/mol. The topological polar surface area (TPSA) is 57.5 Å². The minimum Gasteiger partial charge on any atom is -0.493 e. The molecule has 2 aliphatic heterocycles. The SMILES string of the molecule is C=c1cc(-c2ccc(C(=O)CC)cc2C)cc/c1=C(/C=CC)c1ccc(OCC2CCOC2)c(C2=CN2)c1. The van der Waals surface area contributed by atoms with E-state index in [0.29, 0.717) is 18.9 Å². The summed E-state index contributed by atoms with van der Waals surface area (Å²) >= 11 is 0. The van der Waals surface area contributed by atoms with Crippen molar-refractivity contribution in [1.29, 1.82) is 0 Å². The largest absolute Gasteiger partial charge is 0.493 e. The van der Waals surface area contributed by atoms with Gasteiger partial charge in [0, 0.05) is 36.3 Å². The number of carbonyl (C=O) groups excluding carboxylic acids is 1. The van der Waals surface area contributed by atoms with Crippen LogP contribution >= 0.6 is 0 Å². The van der Waals surface area contributed by atoms with Gasteiger partial charge in [0.15, 0.2) is 5.78 Å². The Hall–Kier alpha value is -3.89. The maximum atomic E-state index is 12.1. The molecule has 3 aromatic carbocycles. The fourth-order valence-corrected chi connectivity index (χ4v) is 5.05. The number of Topliss-reactive ketones (excluding diaryl/α,β-unsaturated/α-hetero) is 1. The third-order valence-corrected chi connectivity index (χ3v) is 7.28. The molecule has 4 nitrogen and oxygen atoms in total. The highest BCUT2D eigenvalue weighted by Crippen LogP contribution is 2.33. The van der Waals surface area contributed by atoms with E-state index in [0.717, 1.165) is 80.5 Å². The molecular formula is C34H35NO3. The van der Waals surface area contributed by atoms with Crippen molar-refractivity contribution in [2.24, 2.45) is 5.92 Å². The first-order valence-electron chi connectivity index (χ1n) is 13.4. The summed E-state index contributed by atoms with van der Waals surface area (Å²) in [5.74, 6) is 1.51. The van der Waals surface area contributed by atoms with Crippen LogP contribution in [0, 0.1) is 12.8 Å². The highest BCUT2D eigenvalue weighted by Gasteiger charge is 2.20. The van der Waals surface area contributed by atoms with E-state index in [9.17, 15) is 4.79 Å². The Morgan fingerprint density at radius 2 is 1.92 bits per heavy atom. The molecule has 1 atom stereocenters.